The van der Waals surface area contributed by atoms with Crippen molar-refractivity contribution in [1.82, 2.24) is 10.2 Å². The summed E-state index contributed by atoms with van der Waals surface area (Å²) in [4.78, 5) is 14.0. The maximum Gasteiger partial charge on any atom is 0.336 e. The van der Waals surface area contributed by atoms with E-state index >= 15 is 0 Å². The lowest BCUT2D eigenvalue weighted by atomic mass is 10.1. The Bertz CT molecular complexity index is 882. The molecule has 0 aliphatic rings. The lowest BCUT2D eigenvalue weighted by Gasteiger charge is -2.22. The number of hydrogen-bond acceptors (Lipinski definition) is 5. The first-order valence-corrected chi connectivity index (χ1v) is 8.54. The lowest BCUT2D eigenvalue weighted by molar-refractivity contribution is 0.250. The number of aryl methyl sites for hydroxylation is 1. The Morgan fingerprint density at radius 2 is 2.04 bits per heavy atom. The van der Waals surface area contributed by atoms with Gasteiger partial charge in [0, 0.05) is 24.5 Å². The molecule has 3 aromatic rings. The van der Waals surface area contributed by atoms with E-state index in [1.54, 1.807) is 12.3 Å². The molecule has 1 aromatic carbocycles. The Morgan fingerprint density at radius 1 is 1.20 bits per heavy atom. The second-order valence-corrected chi connectivity index (χ2v) is 6.40. The molecular weight excluding hydrogens is 316 g/mol. The first-order chi connectivity index (χ1) is 12.1. The number of nitrogens with zero attached hydrogens (tertiary/aromatic N) is 1. The van der Waals surface area contributed by atoms with Crippen LogP contribution in [0.2, 0.25) is 0 Å². The van der Waals surface area contributed by atoms with Gasteiger partial charge in [0.25, 0.3) is 0 Å². The third-order valence-electron chi connectivity index (χ3n) is 4.45. The molecule has 0 saturated carbocycles. The van der Waals surface area contributed by atoms with E-state index in [1.807, 2.05) is 38.4 Å². The topological polar surface area (TPSA) is 58.6 Å². The van der Waals surface area contributed by atoms with Crippen molar-refractivity contribution in [3.05, 3.63) is 70.0 Å². The second kappa shape index (κ2) is 7.68. The Kier molecular flexibility index (Phi) is 5.36. The predicted octanol–water partition coefficient (Wildman–Crippen LogP) is 3.34. The molecule has 0 spiro atoms. The molecule has 1 N–H and O–H groups in total. The summed E-state index contributed by atoms with van der Waals surface area (Å²) in [5, 5.41) is 4.41. The van der Waals surface area contributed by atoms with Crippen molar-refractivity contribution in [1.29, 1.82) is 0 Å². The first kappa shape index (κ1) is 17.5. The molecule has 1 atom stereocenters. The van der Waals surface area contributed by atoms with Gasteiger partial charge in [-0.2, -0.15) is 0 Å². The summed E-state index contributed by atoms with van der Waals surface area (Å²) in [5.74, 6) is 0.919. The molecule has 132 valence electrons. The van der Waals surface area contributed by atoms with Crippen LogP contribution >= 0.6 is 0 Å². The number of rotatable bonds is 7. The van der Waals surface area contributed by atoms with E-state index in [1.165, 1.54) is 0 Å². The molecular formula is C20H24N2O3. The van der Waals surface area contributed by atoms with Gasteiger partial charge < -0.3 is 14.2 Å². The van der Waals surface area contributed by atoms with Crippen LogP contribution in [0.15, 0.2) is 56.3 Å². The summed E-state index contributed by atoms with van der Waals surface area (Å²) in [5.41, 5.74) is 2.45. The Balaban J connectivity index is 1.77. The predicted molar refractivity (Wildman–Crippen MR) is 98.7 cm³/mol. The normalized spacial score (nSPS) is 12.8. The van der Waals surface area contributed by atoms with Crippen molar-refractivity contribution >= 4 is 11.0 Å². The molecule has 0 amide bonds. The molecule has 25 heavy (non-hydrogen) atoms. The van der Waals surface area contributed by atoms with Gasteiger partial charge in [0.15, 0.2) is 0 Å². The molecule has 0 fully saturated rings. The van der Waals surface area contributed by atoms with Crippen molar-refractivity contribution in [3.63, 3.8) is 0 Å². The highest BCUT2D eigenvalue weighted by atomic mass is 16.4. The second-order valence-electron chi connectivity index (χ2n) is 6.40. The number of nitrogens with one attached hydrogen (secondary N) is 1. The molecule has 5 nitrogen and oxygen atoms in total. The van der Waals surface area contributed by atoms with Crippen molar-refractivity contribution in [2.75, 3.05) is 20.6 Å². The summed E-state index contributed by atoms with van der Waals surface area (Å²) in [6, 6.07) is 11.6. The van der Waals surface area contributed by atoms with Gasteiger partial charge >= 0.3 is 5.63 Å². The van der Waals surface area contributed by atoms with Crippen molar-refractivity contribution in [3.8, 4) is 0 Å². The zero-order chi connectivity index (χ0) is 17.8. The number of benzene rings is 1. The molecule has 2 aromatic heterocycles. The average molecular weight is 340 g/mol. The zero-order valence-electron chi connectivity index (χ0n) is 14.9. The summed E-state index contributed by atoms with van der Waals surface area (Å²) in [6.07, 6.45) is 2.60. The highest BCUT2D eigenvalue weighted by Crippen LogP contribution is 2.20. The first-order valence-electron chi connectivity index (χ1n) is 8.54. The fraction of sp³-hybridized carbons (Fsp3) is 0.350. The fourth-order valence-electron chi connectivity index (χ4n) is 3.00. The largest absolute Gasteiger partial charge is 0.468 e. The van der Waals surface area contributed by atoms with Gasteiger partial charge in [0.2, 0.25) is 0 Å². The van der Waals surface area contributed by atoms with E-state index < -0.39 is 0 Å². The zero-order valence-corrected chi connectivity index (χ0v) is 14.9. The summed E-state index contributed by atoms with van der Waals surface area (Å²) >= 11 is 0. The standard InChI is InChI=1S/C20H24N2O3/c1-4-14-7-8-16-15(11-20(23)25-19(16)10-14)12-21-13-17(22(2)3)18-6-5-9-24-18/h5-11,17,21H,4,12-13H2,1-3H3/t17-/m0/s1. The van der Waals surface area contributed by atoms with Gasteiger partial charge in [-0.1, -0.05) is 19.1 Å². The minimum Gasteiger partial charge on any atom is -0.468 e. The summed E-state index contributed by atoms with van der Waals surface area (Å²) in [7, 11) is 4.04. The Morgan fingerprint density at radius 3 is 2.72 bits per heavy atom. The smallest absolute Gasteiger partial charge is 0.336 e. The van der Waals surface area contributed by atoms with Gasteiger partial charge in [-0.05, 0) is 49.8 Å². The van der Waals surface area contributed by atoms with Crippen molar-refractivity contribution in [2.45, 2.75) is 25.9 Å². The van der Waals surface area contributed by atoms with E-state index in [2.05, 4.69) is 23.2 Å². The quantitative estimate of drug-likeness (QED) is 0.669. The molecule has 2 heterocycles. The number of hydrogen-bond donors (Lipinski definition) is 1. The fourth-order valence-corrected chi connectivity index (χ4v) is 3.00. The van der Waals surface area contributed by atoms with Crippen LogP contribution in [0.5, 0.6) is 0 Å². The number of likely N-dealkylation sites (N-methyl/N-ethyl adjacent to an activating group) is 1. The minimum atomic E-state index is -0.312. The Labute approximate surface area is 147 Å². The third kappa shape index (κ3) is 4.00. The molecule has 5 heteroatoms. The van der Waals surface area contributed by atoms with Crippen LogP contribution in [0.4, 0.5) is 0 Å². The average Bonchev–Trinajstić information content (AvgIpc) is 3.11. The van der Waals surface area contributed by atoms with E-state index in [-0.39, 0.29) is 11.7 Å². The van der Waals surface area contributed by atoms with E-state index in [9.17, 15) is 4.79 Å². The third-order valence-corrected chi connectivity index (χ3v) is 4.45. The molecule has 0 unspecified atom stereocenters. The highest BCUT2D eigenvalue weighted by Gasteiger charge is 2.16. The Hall–Kier alpha value is -2.37. The molecule has 0 aliphatic heterocycles. The van der Waals surface area contributed by atoms with Gasteiger partial charge in [0.1, 0.15) is 11.3 Å². The molecule has 0 bridgehead atoms. The molecule has 0 aliphatic carbocycles. The monoisotopic (exact) mass is 340 g/mol. The van der Waals surface area contributed by atoms with Crippen LogP contribution in [0.1, 0.15) is 29.9 Å². The van der Waals surface area contributed by atoms with Crippen molar-refractivity contribution in [2.24, 2.45) is 0 Å². The summed E-state index contributed by atoms with van der Waals surface area (Å²) < 4.78 is 10.9. The van der Waals surface area contributed by atoms with Crippen LogP contribution in [-0.4, -0.2) is 25.5 Å². The highest BCUT2D eigenvalue weighted by molar-refractivity contribution is 5.80. The van der Waals surface area contributed by atoms with E-state index in [0.29, 0.717) is 12.1 Å². The summed E-state index contributed by atoms with van der Waals surface area (Å²) in [6.45, 7) is 3.40. The van der Waals surface area contributed by atoms with Crippen LogP contribution in [0.25, 0.3) is 11.0 Å². The molecule has 3 rings (SSSR count). The van der Waals surface area contributed by atoms with Gasteiger partial charge in [-0.15, -0.1) is 0 Å². The minimum absolute atomic E-state index is 0.132. The van der Waals surface area contributed by atoms with E-state index in [0.717, 1.165) is 35.2 Å². The van der Waals surface area contributed by atoms with E-state index in [4.69, 9.17) is 8.83 Å². The van der Waals surface area contributed by atoms with Gasteiger partial charge in [-0.3, -0.25) is 4.90 Å². The van der Waals surface area contributed by atoms with Crippen molar-refractivity contribution < 1.29 is 8.83 Å². The number of fused-ring (bicyclic) bond motifs is 1. The molecule has 0 radical (unpaired) electrons. The van der Waals surface area contributed by atoms with Gasteiger partial charge in [0.05, 0.1) is 12.3 Å². The SMILES string of the molecule is CCc1ccc2c(CNC[C@@H](c3ccco3)N(C)C)cc(=O)oc2c1. The maximum absolute atomic E-state index is 11.9. The number of furan rings is 1. The van der Waals surface area contributed by atoms with Crippen LogP contribution in [0, 0.1) is 0 Å². The molecule has 0 saturated heterocycles. The lowest BCUT2D eigenvalue weighted by Crippen LogP contribution is -2.30. The van der Waals surface area contributed by atoms with Crippen LogP contribution in [-0.2, 0) is 13.0 Å². The van der Waals surface area contributed by atoms with Gasteiger partial charge in [-0.25, -0.2) is 4.79 Å². The maximum atomic E-state index is 11.9. The van der Waals surface area contributed by atoms with Crippen LogP contribution < -0.4 is 10.9 Å². The van der Waals surface area contributed by atoms with Crippen LogP contribution in [0.3, 0.4) is 0 Å².